The molecule has 4 rings (SSSR count). The minimum absolute atomic E-state index is 0.532. The molecule has 0 radical (unpaired) electrons. The zero-order valence-corrected chi connectivity index (χ0v) is 19.9. The average Bonchev–Trinajstić information content (AvgIpc) is 3.35. The number of aryl methyl sites for hydroxylation is 1. The summed E-state index contributed by atoms with van der Waals surface area (Å²) in [6.45, 7) is 2.26. The monoisotopic (exact) mass is 439 g/mol. The second kappa shape index (κ2) is 11.0. The van der Waals surface area contributed by atoms with Gasteiger partial charge in [0, 0.05) is 30.9 Å². The van der Waals surface area contributed by atoms with Gasteiger partial charge in [-0.3, -0.25) is 0 Å². The Morgan fingerprint density at radius 3 is 1.64 bits per heavy atom. The van der Waals surface area contributed by atoms with E-state index in [1.807, 2.05) is 50.5 Å². The zero-order valence-electron chi connectivity index (χ0n) is 19.9. The first kappa shape index (κ1) is 22.8. The molecule has 0 amide bonds. The lowest BCUT2D eigenvalue weighted by Gasteiger charge is -2.11. The lowest BCUT2D eigenvalue weighted by atomic mass is 10.00. The van der Waals surface area contributed by atoms with Gasteiger partial charge in [-0.2, -0.15) is 0 Å². The van der Waals surface area contributed by atoms with Crippen LogP contribution in [0.5, 0.6) is 0 Å². The van der Waals surface area contributed by atoms with Gasteiger partial charge in [0.25, 0.3) is 0 Å². The molecule has 0 aliphatic carbocycles. The van der Waals surface area contributed by atoms with Crippen molar-refractivity contribution < 1.29 is 4.42 Å². The molecule has 0 saturated carbocycles. The Bertz CT molecular complexity index is 1130. The molecule has 0 aliphatic rings. The lowest BCUT2D eigenvalue weighted by Crippen LogP contribution is -2.07. The highest BCUT2D eigenvalue weighted by Gasteiger charge is 2.11. The highest BCUT2D eigenvalue weighted by molar-refractivity contribution is 5.68. The zero-order chi connectivity index (χ0) is 23.0. The largest absolute Gasteiger partial charge is 0.416 e. The first-order chi connectivity index (χ1) is 16.1. The first-order valence-corrected chi connectivity index (χ1v) is 11.9. The van der Waals surface area contributed by atoms with Gasteiger partial charge in [-0.15, -0.1) is 10.2 Å². The van der Waals surface area contributed by atoms with Crippen molar-refractivity contribution in [2.24, 2.45) is 0 Å². The van der Waals surface area contributed by atoms with Crippen molar-refractivity contribution in [3.05, 3.63) is 78.4 Å². The number of hydrogen-bond acceptors (Lipinski definition) is 4. The van der Waals surface area contributed by atoms with Crippen molar-refractivity contribution in [1.82, 2.24) is 10.2 Å². The number of unbranched alkanes of at least 4 members (excludes halogenated alkanes) is 4. The summed E-state index contributed by atoms with van der Waals surface area (Å²) in [5.41, 5.74) is 6.81. The summed E-state index contributed by atoms with van der Waals surface area (Å²) in [5, 5.41) is 8.49. The predicted octanol–water partition coefficient (Wildman–Crippen LogP) is 7.65. The fourth-order valence-electron chi connectivity index (χ4n) is 3.96. The Kier molecular flexibility index (Phi) is 7.56. The van der Waals surface area contributed by atoms with E-state index in [0.717, 1.165) is 16.8 Å². The fraction of sp³-hybridized carbons (Fsp3) is 0.310. The molecule has 4 aromatic rings. The molecule has 0 saturated heterocycles. The topological polar surface area (TPSA) is 42.2 Å². The quantitative estimate of drug-likeness (QED) is 0.238. The SMILES string of the molecule is CCCCCCCc1ccc(-c2ccc(-c3nnc(-c4ccc(N(C)C)cc4)o3)cc2)cc1. The van der Waals surface area contributed by atoms with Crippen LogP contribution in [0.2, 0.25) is 0 Å². The summed E-state index contributed by atoms with van der Waals surface area (Å²) in [5.74, 6) is 1.07. The Balaban J connectivity index is 1.39. The van der Waals surface area contributed by atoms with Crippen LogP contribution in [0.1, 0.15) is 44.6 Å². The second-order valence-corrected chi connectivity index (χ2v) is 8.79. The molecule has 0 bridgehead atoms. The van der Waals surface area contributed by atoms with E-state index in [2.05, 4.69) is 58.4 Å². The molecule has 4 nitrogen and oxygen atoms in total. The standard InChI is InChI=1S/C29H33N3O/c1-4-5-6-7-8-9-22-10-12-23(13-11-22)24-14-16-25(17-15-24)28-30-31-29(33-28)26-18-20-27(21-19-26)32(2)3/h10-21H,4-9H2,1-3H3. The van der Waals surface area contributed by atoms with Crippen LogP contribution >= 0.6 is 0 Å². The summed E-state index contributed by atoms with van der Waals surface area (Å²) >= 11 is 0. The summed E-state index contributed by atoms with van der Waals surface area (Å²) in [7, 11) is 4.04. The van der Waals surface area contributed by atoms with E-state index in [4.69, 9.17) is 4.42 Å². The number of aromatic nitrogens is 2. The van der Waals surface area contributed by atoms with Crippen LogP contribution in [0.25, 0.3) is 34.0 Å². The molecule has 33 heavy (non-hydrogen) atoms. The van der Waals surface area contributed by atoms with E-state index in [-0.39, 0.29) is 0 Å². The van der Waals surface area contributed by atoms with Crippen LogP contribution in [0.3, 0.4) is 0 Å². The van der Waals surface area contributed by atoms with E-state index in [0.29, 0.717) is 11.8 Å². The van der Waals surface area contributed by atoms with Crippen molar-refractivity contribution >= 4 is 5.69 Å². The molecular weight excluding hydrogens is 406 g/mol. The van der Waals surface area contributed by atoms with Crippen LogP contribution in [-0.2, 0) is 6.42 Å². The molecule has 0 aliphatic heterocycles. The lowest BCUT2D eigenvalue weighted by molar-refractivity contribution is 0.584. The molecule has 3 aromatic carbocycles. The van der Waals surface area contributed by atoms with E-state index in [9.17, 15) is 0 Å². The van der Waals surface area contributed by atoms with Crippen molar-refractivity contribution in [3.8, 4) is 34.0 Å². The van der Waals surface area contributed by atoms with Gasteiger partial charge in [0.05, 0.1) is 0 Å². The first-order valence-electron chi connectivity index (χ1n) is 11.9. The maximum Gasteiger partial charge on any atom is 0.248 e. The maximum atomic E-state index is 5.94. The number of anilines is 1. The summed E-state index contributed by atoms with van der Waals surface area (Å²) < 4.78 is 5.94. The van der Waals surface area contributed by atoms with Gasteiger partial charge >= 0.3 is 0 Å². The predicted molar refractivity (Wildman–Crippen MR) is 137 cm³/mol. The van der Waals surface area contributed by atoms with Gasteiger partial charge in [0.2, 0.25) is 11.8 Å². The molecule has 0 spiro atoms. The average molecular weight is 440 g/mol. The fourth-order valence-corrected chi connectivity index (χ4v) is 3.96. The second-order valence-electron chi connectivity index (χ2n) is 8.79. The normalized spacial score (nSPS) is 11.0. The van der Waals surface area contributed by atoms with Gasteiger partial charge < -0.3 is 9.32 Å². The molecule has 0 unspecified atom stereocenters. The van der Waals surface area contributed by atoms with Crippen molar-refractivity contribution in [2.45, 2.75) is 45.4 Å². The third kappa shape index (κ3) is 5.89. The molecule has 170 valence electrons. The highest BCUT2D eigenvalue weighted by Crippen LogP contribution is 2.28. The van der Waals surface area contributed by atoms with Crippen LogP contribution < -0.4 is 4.90 Å². The molecule has 1 aromatic heterocycles. The molecular formula is C29H33N3O. The Hall–Kier alpha value is -3.40. The van der Waals surface area contributed by atoms with Gasteiger partial charge in [-0.05, 0) is 65.9 Å². The van der Waals surface area contributed by atoms with Gasteiger partial charge in [0.1, 0.15) is 0 Å². The number of rotatable bonds is 10. The van der Waals surface area contributed by atoms with Crippen LogP contribution in [0.4, 0.5) is 5.69 Å². The summed E-state index contributed by atoms with van der Waals surface area (Å²) in [6.07, 6.45) is 7.77. The van der Waals surface area contributed by atoms with Crippen LogP contribution in [-0.4, -0.2) is 24.3 Å². The van der Waals surface area contributed by atoms with Crippen molar-refractivity contribution in [3.63, 3.8) is 0 Å². The minimum atomic E-state index is 0.532. The Labute approximate surface area is 197 Å². The van der Waals surface area contributed by atoms with Crippen molar-refractivity contribution in [2.75, 3.05) is 19.0 Å². The third-order valence-corrected chi connectivity index (χ3v) is 6.04. The van der Waals surface area contributed by atoms with Crippen LogP contribution in [0, 0.1) is 0 Å². The number of hydrogen-bond donors (Lipinski definition) is 0. The van der Waals surface area contributed by atoms with E-state index < -0.39 is 0 Å². The molecule has 4 heteroatoms. The van der Waals surface area contributed by atoms with Gasteiger partial charge in [-0.1, -0.05) is 69.0 Å². The molecule has 1 heterocycles. The van der Waals surface area contributed by atoms with E-state index >= 15 is 0 Å². The van der Waals surface area contributed by atoms with Gasteiger partial charge in [0.15, 0.2) is 0 Å². The van der Waals surface area contributed by atoms with Gasteiger partial charge in [-0.25, -0.2) is 0 Å². The number of nitrogens with zero attached hydrogens (tertiary/aromatic N) is 3. The third-order valence-electron chi connectivity index (χ3n) is 6.04. The summed E-state index contributed by atoms with van der Waals surface area (Å²) in [6, 6.07) is 25.4. The van der Waals surface area contributed by atoms with Crippen LogP contribution in [0.15, 0.2) is 77.2 Å². The molecule has 0 N–H and O–H groups in total. The maximum absolute atomic E-state index is 5.94. The minimum Gasteiger partial charge on any atom is -0.416 e. The van der Waals surface area contributed by atoms with E-state index in [1.54, 1.807) is 0 Å². The Morgan fingerprint density at radius 2 is 1.09 bits per heavy atom. The Morgan fingerprint density at radius 1 is 0.606 bits per heavy atom. The van der Waals surface area contributed by atoms with Crippen molar-refractivity contribution in [1.29, 1.82) is 0 Å². The number of benzene rings is 3. The highest BCUT2D eigenvalue weighted by atomic mass is 16.4. The summed E-state index contributed by atoms with van der Waals surface area (Å²) in [4.78, 5) is 2.06. The van der Waals surface area contributed by atoms with E-state index in [1.165, 1.54) is 55.2 Å². The molecule has 0 atom stereocenters. The smallest absolute Gasteiger partial charge is 0.248 e. The molecule has 0 fully saturated rings.